The summed E-state index contributed by atoms with van der Waals surface area (Å²) in [5.74, 6) is 1.15. The normalized spacial score (nSPS) is 10.1. The first-order valence-corrected chi connectivity index (χ1v) is 19.7. The topological polar surface area (TPSA) is 0 Å². The maximum absolute atomic E-state index is 3.06. The summed E-state index contributed by atoms with van der Waals surface area (Å²) in [4.78, 5) is 0. The summed E-state index contributed by atoms with van der Waals surface area (Å²) in [5, 5.41) is 8.09. The van der Waals surface area contributed by atoms with Crippen LogP contribution >= 0.6 is 24.8 Å². The van der Waals surface area contributed by atoms with Gasteiger partial charge in [-0.1, -0.05) is 132 Å². The minimum atomic E-state index is 0. The van der Waals surface area contributed by atoms with Crippen molar-refractivity contribution in [3.63, 3.8) is 0 Å². The van der Waals surface area contributed by atoms with Crippen molar-refractivity contribution in [1.82, 2.24) is 0 Å². The Morgan fingerprint density at radius 1 is 0.562 bits per heavy atom. The van der Waals surface area contributed by atoms with Crippen LogP contribution in [0, 0.1) is 28.7 Å². The van der Waals surface area contributed by atoms with Gasteiger partial charge in [0.25, 0.3) is 0 Å². The van der Waals surface area contributed by atoms with Crippen molar-refractivity contribution in [2.45, 2.75) is 53.4 Å². The van der Waals surface area contributed by atoms with Crippen LogP contribution in [0.4, 0.5) is 0 Å². The number of hydrogen-bond acceptors (Lipinski definition) is 0. The van der Waals surface area contributed by atoms with Gasteiger partial charge in [-0.05, 0) is 39.3 Å². The standard InChI is InChI=1S/C22H19.C20H21.2CH3.2ClH.Si.Zr/c1-15(2)18-13-17-9-6-12-21(22(17)14-18)20-11-5-8-16-7-3-4-10-19(16)20;1-13(2)16-6-8-17(9-7-16)18-10-5-15(4)19-11-14(3)12-20(18)19;;;;;;/h3-15H,1-2H3;5-13H,1-4H3;2*1H3;2*1H;;/q4*-1;;;;. The van der Waals surface area contributed by atoms with Gasteiger partial charge >= 0.3 is 30.2 Å². The van der Waals surface area contributed by atoms with Gasteiger partial charge in [0, 0.05) is 0 Å². The van der Waals surface area contributed by atoms with E-state index < -0.39 is 0 Å². The molecular weight excluding hydrogens is 719 g/mol. The second-order valence-corrected chi connectivity index (χ2v) is 12.3. The fourth-order valence-electron chi connectivity index (χ4n) is 6.18. The van der Waals surface area contributed by atoms with Crippen LogP contribution in [0.1, 0.15) is 61.8 Å². The Morgan fingerprint density at radius 2 is 1.17 bits per heavy atom. The van der Waals surface area contributed by atoms with Gasteiger partial charge in [0.2, 0.25) is 0 Å². The monoisotopic (exact) mass is 764 g/mol. The first kappa shape index (κ1) is 43.3. The molecule has 2 radical (unpaired) electrons. The van der Waals surface area contributed by atoms with Crippen LogP contribution in [-0.4, -0.2) is 6.88 Å². The molecule has 0 saturated heterocycles. The van der Waals surface area contributed by atoms with Crippen molar-refractivity contribution in [3.8, 4) is 22.3 Å². The Bertz CT molecular complexity index is 2020. The molecule has 7 rings (SSSR count). The summed E-state index contributed by atoms with van der Waals surface area (Å²) in [6.45, 7) is 16.4. The fourth-order valence-corrected chi connectivity index (χ4v) is 6.18. The fraction of sp³-hybridized carbons (Fsp3) is 0.182. The third-order valence-electron chi connectivity index (χ3n) is 8.66. The zero-order chi connectivity index (χ0) is 31.4. The van der Waals surface area contributed by atoms with E-state index in [1.54, 1.807) is 0 Å². The predicted octanol–water partition coefficient (Wildman–Crippen LogP) is 13.8. The van der Waals surface area contributed by atoms with E-state index in [0.717, 1.165) is 0 Å². The Hall–Kier alpha value is -2.74. The summed E-state index contributed by atoms with van der Waals surface area (Å²) >= 11 is 1.36. The number of rotatable bonds is 4. The summed E-state index contributed by atoms with van der Waals surface area (Å²) in [6.07, 6.45) is 0. The summed E-state index contributed by atoms with van der Waals surface area (Å²) < 4.78 is 0. The van der Waals surface area contributed by atoms with E-state index >= 15 is 0 Å². The van der Waals surface area contributed by atoms with Gasteiger partial charge in [-0.25, -0.2) is 0 Å². The summed E-state index contributed by atoms with van der Waals surface area (Å²) in [6, 6.07) is 44.6. The number of fused-ring (bicyclic) bond motifs is 3. The van der Waals surface area contributed by atoms with Gasteiger partial charge in [0.1, 0.15) is 0 Å². The molecule has 0 aliphatic rings. The van der Waals surface area contributed by atoms with Crippen molar-refractivity contribution in [3.05, 3.63) is 158 Å². The van der Waals surface area contributed by atoms with Crippen LogP contribution in [0.15, 0.2) is 121 Å². The van der Waals surface area contributed by atoms with Crippen LogP contribution in [-0.2, 0) is 23.3 Å². The Balaban J connectivity index is 0.000000425. The average Bonchev–Trinajstić information content (AvgIpc) is 3.67. The van der Waals surface area contributed by atoms with E-state index in [4.69, 9.17) is 0 Å². The molecule has 0 aliphatic carbocycles. The maximum atomic E-state index is 3.06. The van der Waals surface area contributed by atoms with E-state index in [2.05, 4.69) is 170 Å². The van der Waals surface area contributed by atoms with Gasteiger partial charge in [-0.2, -0.15) is 12.1 Å². The molecule has 7 aromatic carbocycles. The molecule has 0 N–H and O–H groups in total. The minimum absolute atomic E-state index is 0. The molecule has 0 aromatic heterocycles. The van der Waals surface area contributed by atoms with E-state index in [1.165, 1.54) is 100 Å². The third-order valence-corrected chi connectivity index (χ3v) is 8.66. The van der Waals surface area contributed by atoms with Gasteiger partial charge in [0.15, 0.2) is 0 Å². The molecule has 0 spiro atoms. The molecule has 0 aliphatic heterocycles. The number of halogens is 2. The summed E-state index contributed by atoms with van der Waals surface area (Å²) in [7, 11) is 0. The molecule has 0 amide bonds. The number of benzene rings is 5. The molecule has 48 heavy (non-hydrogen) atoms. The van der Waals surface area contributed by atoms with Gasteiger partial charge in [0.05, 0.1) is 0 Å². The Morgan fingerprint density at radius 3 is 1.81 bits per heavy atom. The first-order valence-electron chi connectivity index (χ1n) is 15.5. The van der Waals surface area contributed by atoms with E-state index in [9.17, 15) is 0 Å². The second kappa shape index (κ2) is 19.4. The van der Waals surface area contributed by atoms with Crippen LogP contribution in [0.5, 0.6) is 0 Å². The van der Waals surface area contributed by atoms with Crippen molar-refractivity contribution < 1.29 is 23.3 Å². The van der Waals surface area contributed by atoms with Crippen LogP contribution in [0.2, 0.25) is 0 Å². The molecule has 4 heteroatoms. The molecule has 0 unspecified atom stereocenters. The van der Waals surface area contributed by atoms with Crippen molar-refractivity contribution in [2.24, 2.45) is 0 Å². The average molecular weight is 767 g/mol. The van der Waals surface area contributed by atoms with Crippen molar-refractivity contribution in [1.29, 1.82) is 0 Å². The predicted molar refractivity (Wildman–Crippen MR) is 218 cm³/mol. The molecule has 0 nitrogen and oxygen atoms in total. The third kappa shape index (κ3) is 9.28. The Kier molecular flexibility index (Phi) is 17.5. The molecular formula is C44H48Cl2SiZr-4. The van der Waals surface area contributed by atoms with Crippen LogP contribution in [0.25, 0.3) is 54.6 Å². The second-order valence-electron chi connectivity index (χ2n) is 12.3. The Labute approximate surface area is 319 Å². The van der Waals surface area contributed by atoms with Crippen molar-refractivity contribution in [2.75, 3.05) is 0 Å². The summed E-state index contributed by atoms with van der Waals surface area (Å²) in [5.41, 5.74) is 10.8. The van der Waals surface area contributed by atoms with Gasteiger partial charge in [-0.3, -0.25) is 0 Å². The molecule has 0 fully saturated rings. The molecule has 250 valence electrons. The SMILES string of the molecule is CC(C)c1cc2c(-c3cccc4ccccc34)cccc2[cH-]1.Cc1cc2c(-c3ccc(C(C)C)cc3)ccc(C)c2[cH-]1.Cl.Cl.[CH3-].[CH3-].[Si]=[Zr]. The van der Waals surface area contributed by atoms with Gasteiger partial charge < -0.3 is 14.9 Å². The zero-order valence-electron chi connectivity index (χ0n) is 29.5. The van der Waals surface area contributed by atoms with Crippen LogP contribution in [0.3, 0.4) is 0 Å². The zero-order valence-corrected chi connectivity index (χ0v) is 34.6. The molecule has 0 bridgehead atoms. The quantitative estimate of drug-likeness (QED) is 0.124. The number of aryl methyl sites for hydroxylation is 2. The van der Waals surface area contributed by atoms with E-state index in [1.807, 2.05) is 0 Å². The molecule has 0 heterocycles. The first-order chi connectivity index (χ1) is 21.3. The van der Waals surface area contributed by atoms with E-state index in [-0.39, 0.29) is 39.7 Å². The molecule has 0 saturated carbocycles. The van der Waals surface area contributed by atoms with Gasteiger partial charge in [-0.15, -0.1) is 93.4 Å². The van der Waals surface area contributed by atoms with Crippen LogP contribution < -0.4 is 0 Å². The van der Waals surface area contributed by atoms with E-state index in [0.29, 0.717) is 11.8 Å². The number of hydrogen-bond donors (Lipinski definition) is 0. The molecule has 0 atom stereocenters. The van der Waals surface area contributed by atoms with Crippen molar-refractivity contribution >= 4 is 64.0 Å². The molecule has 7 aromatic rings.